The van der Waals surface area contributed by atoms with Crippen molar-refractivity contribution in [1.82, 2.24) is 10.2 Å². The Morgan fingerprint density at radius 2 is 1.53 bits per heavy atom. The van der Waals surface area contributed by atoms with Crippen molar-refractivity contribution in [2.24, 2.45) is 17.8 Å². The summed E-state index contributed by atoms with van der Waals surface area (Å²) in [5.74, 6) is 1.44. The monoisotopic (exact) mass is 423 g/mol. The van der Waals surface area contributed by atoms with Crippen molar-refractivity contribution in [2.45, 2.75) is 50.2 Å². The molecule has 8 heteroatoms. The quantitative estimate of drug-likeness (QED) is 0.734. The lowest BCUT2D eigenvalue weighted by Crippen LogP contribution is -2.61. The highest BCUT2D eigenvalue weighted by molar-refractivity contribution is 5.93. The average molecular weight is 423 g/mol. The molecule has 4 bridgehead atoms. The zero-order valence-electron chi connectivity index (χ0n) is 17.1. The van der Waals surface area contributed by atoms with Gasteiger partial charge in [0.05, 0.1) is 24.3 Å². The van der Waals surface area contributed by atoms with Gasteiger partial charge in [-0.3, -0.25) is 14.5 Å². The third-order valence-electron chi connectivity index (χ3n) is 6.78. The molecule has 0 spiro atoms. The lowest BCUT2D eigenvalue weighted by atomic mass is 9.53. The van der Waals surface area contributed by atoms with Crippen molar-refractivity contribution in [3.8, 4) is 0 Å². The number of para-hydroxylation sites is 1. The molecular formula is C22H28F3N3O2. The fourth-order valence-corrected chi connectivity index (χ4v) is 6.17. The number of hydrogen-bond acceptors (Lipinski definition) is 3. The first-order valence-electron chi connectivity index (χ1n) is 10.6. The number of hydrogen-bond donors (Lipinski definition) is 2. The summed E-state index contributed by atoms with van der Waals surface area (Å²) in [7, 11) is 1.62. The van der Waals surface area contributed by atoms with Gasteiger partial charge in [-0.15, -0.1) is 0 Å². The highest BCUT2D eigenvalue weighted by Crippen LogP contribution is 2.55. The zero-order valence-corrected chi connectivity index (χ0v) is 17.1. The van der Waals surface area contributed by atoms with Crippen LogP contribution in [0.1, 0.15) is 44.1 Å². The number of carbonyl (C=O) groups is 2. The molecule has 5 rings (SSSR count). The number of benzene rings is 1. The number of alkyl halides is 3. The molecule has 4 saturated carbocycles. The van der Waals surface area contributed by atoms with E-state index >= 15 is 0 Å². The Hall–Kier alpha value is -2.09. The van der Waals surface area contributed by atoms with Crippen LogP contribution < -0.4 is 10.6 Å². The van der Waals surface area contributed by atoms with Crippen molar-refractivity contribution in [2.75, 3.05) is 25.5 Å². The fraction of sp³-hybridized carbons (Fsp3) is 0.636. The molecule has 5 nitrogen and oxygen atoms in total. The number of likely N-dealkylation sites (N-methyl/N-ethyl adjacent to an activating group) is 1. The largest absolute Gasteiger partial charge is 0.418 e. The summed E-state index contributed by atoms with van der Waals surface area (Å²) < 4.78 is 39.2. The van der Waals surface area contributed by atoms with Crippen molar-refractivity contribution in [3.63, 3.8) is 0 Å². The first-order chi connectivity index (χ1) is 14.1. The van der Waals surface area contributed by atoms with E-state index in [0.29, 0.717) is 17.8 Å². The van der Waals surface area contributed by atoms with E-state index in [9.17, 15) is 22.8 Å². The van der Waals surface area contributed by atoms with Crippen molar-refractivity contribution >= 4 is 17.5 Å². The maximum Gasteiger partial charge on any atom is 0.418 e. The summed E-state index contributed by atoms with van der Waals surface area (Å²) in [5.41, 5.74) is -1.26. The van der Waals surface area contributed by atoms with E-state index in [2.05, 4.69) is 10.6 Å². The van der Waals surface area contributed by atoms with Gasteiger partial charge in [-0.1, -0.05) is 12.1 Å². The van der Waals surface area contributed by atoms with Gasteiger partial charge in [0.1, 0.15) is 0 Å². The molecule has 164 valence electrons. The minimum atomic E-state index is -4.55. The Labute approximate surface area is 174 Å². The van der Waals surface area contributed by atoms with Gasteiger partial charge in [0.25, 0.3) is 0 Å². The van der Waals surface area contributed by atoms with Crippen LogP contribution in [0.3, 0.4) is 0 Å². The van der Waals surface area contributed by atoms with Gasteiger partial charge in [-0.2, -0.15) is 13.2 Å². The maximum atomic E-state index is 13.1. The molecule has 4 fully saturated rings. The van der Waals surface area contributed by atoms with Gasteiger partial charge in [-0.05, 0) is 75.5 Å². The van der Waals surface area contributed by atoms with Gasteiger partial charge < -0.3 is 10.6 Å². The summed E-state index contributed by atoms with van der Waals surface area (Å²) in [6, 6.07) is 4.87. The van der Waals surface area contributed by atoms with E-state index in [1.165, 1.54) is 42.4 Å². The second kappa shape index (κ2) is 7.87. The van der Waals surface area contributed by atoms with Crippen molar-refractivity contribution in [1.29, 1.82) is 0 Å². The number of anilines is 1. The molecule has 0 unspecified atom stereocenters. The second-order valence-corrected chi connectivity index (χ2v) is 9.51. The second-order valence-electron chi connectivity index (χ2n) is 9.51. The molecule has 0 atom stereocenters. The standard InChI is InChI=1S/C22H28F3N3O2/c1-28(12-19(29)26-18-5-3-2-4-17(18)22(23,24)25)13-20(30)27-21-9-14-6-15(10-21)8-16(7-14)11-21/h2-5,14-16H,6-13H2,1H3,(H,26,29)(H,27,30). The Bertz CT molecular complexity index is 789. The first-order valence-corrected chi connectivity index (χ1v) is 10.6. The third-order valence-corrected chi connectivity index (χ3v) is 6.78. The van der Waals surface area contributed by atoms with E-state index < -0.39 is 17.6 Å². The predicted octanol–water partition coefficient (Wildman–Crippen LogP) is 3.66. The molecule has 0 saturated heterocycles. The normalized spacial score (nSPS) is 29.8. The Morgan fingerprint density at radius 3 is 2.10 bits per heavy atom. The van der Waals surface area contributed by atoms with Gasteiger partial charge in [-0.25, -0.2) is 0 Å². The van der Waals surface area contributed by atoms with Crippen LogP contribution in [0, 0.1) is 17.8 Å². The molecule has 4 aliphatic rings. The molecule has 4 aliphatic carbocycles. The molecule has 30 heavy (non-hydrogen) atoms. The van der Waals surface area contributed by atoms with E-state index in [1.807, 2.05) is 0 Å². The lowest BCUT2D eigenvalue weighted by Gasteiger charge is -2.57. The molecule has 0 heterocycles. The van der Waals surface area contributed by atoms with E-state index in [-0.39, 0.29) is 30.2 Å². The van der Waals surface area contributed by atoms with Gasteiger partial charge in [0.2, 0.25) is 11.8 Å². The Balaban J connectivity index is 1.29. The number of rotatable bonds is 6. The lowest BCUT2D eigenvalue weighted by molar-refractivity contribution is -0.137. The minimum absolute atomic E-state index is 0.0378. The smallest absolute Gasteiger partial charge is 0.350 e. The van der Waals surface area contributed by atoms with E-state index in [4.69, 9.17) is 0 Å². The van der Waals surface area contributed by atoms with Crippen LogP contribution in [0.2, 0.25) is 0 Å². The van der Waals surface area contributed by atoms with E-state index in [0.717, 1.165) is 25.3 Å². The van der Waals surface area contributed by atoms with Gasteiger partial charge in [0, 0.05) is 5.54 Å². The molecule has 0 aliphatic heterocycles. The molecular weight excluding hydrogens is 395 g/mol. The first kappa shape index (κ1) is 21.2. The summed E-state index contributed by atoms with van der Waals surface area (Å²) >= 11 is 0. The molecule has 1 aromatic carbocycles. The van der Waals surface area contributed by atoms with Crippen molar-refractivity contribution < 1.29 is 22.8 Å². The van der Waals surface area contributed by atoms with Crippen LogP contribution >= 0.6 is 0 Å². The number of amides is 2. The third kappa shape index (κ3) is 4.63. The van der Waals surface area contributed by atoms with E-state index in [1.54, 1.807) is 7.05 Å². The topological polar surface area (TPSA) is 61.4 Å². The van der Waals surface area contributed by atoms with Crippen LogP contribution in [0.25, 0.3) is 0 Å². The predicted molar refractivity (Wildman–Crippen MR) is 107 cm³/mol. The molecule has 2 amide bonds. The van der Waals surface area contributed by atoms with Crippen LogP contribution in [0.5, 0.6) is 0 Å². The minimum Gasteiger partial charge on any atom is -0.350 e. The molecule has 2 N–H and O–H groups in total. The Kier molecular flexibility index (Phi) is 5.55. The number of halogens is 3. The van der Waals surface area contributed by atoms with Crippen molar-refractivity contribution in [3.05, 3.63) is 29.8 Å². The fourth-order valence-electron chi connectivity index (χ4n) is 6.17. The average Bonchev–Trinajstić information content (AvgIpc) is 2.58. The van der Waals surface area contributed by atoms with Crippen LogP contribution in [-0.2, 0) is 15.8 Å². The summed E-state index contributed by atoms with van der Waals surface area (Å²) in [6.45, 7) is -0.128. The molecule has 1 aromatic rings. The summed E-state index contributed by atoms with van der Waals surface area (Å²) in [5, 5.41) is 5.56. The maximum absolute atomic E-state index is 13.1. The summed E-state index contributed by atoms with van der Waals surface area (Å²) in [4.78, 5) is 26.4. The van der Waals surface area contributed by atoms with Crippen LogP contribution in [0.15, 0.2) is 24.3 Å². The number of carbonyl (C=O) groups excluding carboxylic acids is 2. The molecule has 0 aromatic heterocycles. The Morgan fingerprint density at radius 1 is 1.00 bits per heavy atom. The highest BCUT2D eigenvalue weighted by atomic mass is 19.4. The zero-order chi connectivity index (χ0) is 21.5. The van der Waals surface area contributed by atoms with Gasteiger partial charge >= 0.3 is 6.18 Å². The SMILES string of the molecule is CN(CC(=O)Nc1ccccc1C(F)(F)F)CC(=O)NC12CC3CC(CC(C3)C1)C2. The van der Waals surface area contributed by atoms with Crippen LogP contribution in [0.4, 0.5) is 18.9 Å². The number of nitrogens with zero attached hydrogens (tertiary/aromatic N) is 1. The van der Waals surface area contributed by atoms with Gasteiger partial charge in [0.15, 0.2) is 0 Å². The summed E-state index contributed by atoms with van der Waals surface area (Å²) in [6.07, 6.45) is 2.45. The number of nitrogens with one attached hydrogen (secondary N) is 2. The van der Waals surface area contributed by atoms with Crippen LogP contribution in [-0.4, -0.2) is 42.4 Å². The molecule has 0 radical (unpaired) electrons. The highest BCUT2D eigenvalue weighted by Gasteiger charge is 2.51.